The van der Waals surface area contributed by atoms with E-state index in [1.165, 1.54) is 0 Å². The van der Waals surface area contributed by atoms with Crippen LogP contribution in [0.25, 0.3) is 0 Å². The van der Waals surface area contributed by atoms with Gasteiger partial charge in [0, 0.05) is 12.1 Å². The molecule has 0 aromatic heterocycles. The van der Waals surface area contributed by atoms with Crippen LogP contribution in [0.3, 0.4) is 0 Å². The topological polar surface area (TPSA) is 15.3 Å². The average molecular weight is 218 g/mol. The number of hydrogen-bond donors (Lipinski definition) is 1. The molecule has 15 heavy (non-hydrogen) atoms. The molecule has 0 rings (SSSR count). The summed E-state index contributed by atoms with van der Waals surface area (Å²) in [6.45, 7) is 10.8. The van der Waals surface area contributed by atoms with E-state index in [0.717, 1.165) is 38.8 Å². The first-order chi connectivity index (χ1) is 7.23. The summed E-state index contributed by atoms with van der Waals surface area (Å²) in [6, 6.07) is 0.650. The molecule has 0 heterocycles. The van der Waals surface area contributed by atoms with Crippen LogP contribution in [0.4, 0.5) is 4.48 Å². The molecule has 2 atom stereocenters. The summed E-state index contributed by atoms with van der Waals surface area (Å²) < 4.78 is 12.3. The van der Waals surface area contributed by atoms with Gasteiger partial charge in [-0.2, -0.15) is 5.54 Å². The van der Waals surface area contributed by atoms with Crippen molar-refractivity contribution in [2.75, 3.05) is 13.1 Å². The van der Waals surface area contributed by atoms with Crippen LogP contribution in [-0.2, 0) is 0 Å². The van der Waals surface area contributed by atoms with Crippen molar-refractivity contribution in [2.45, 2.75) is 65.5 Å². The van der Waals surface area contributed by atoms with E-state index in [4.69, 9.17) is 0 Å². The standard InChI is InChI=1S/C12H27FN2/c1-5-11(14-13)9-10-12(6-2)15(7-3)8-4/h11-12,14H,5-10H2,1-4H3. The lowest BCUT2D eigenvalue weighted by molar-refractivity contribution is 0.179. The van der Waals surface area contributed by atoms with E-state index in [9.17, 15) is 4.48 Å². The van der Waals surface area contributed by atoms with E-state index in [1.807, 2.05) is 12.5 Å². The fourth-order valence-corrected chi connectivity index (χ4v) is 2.11. The molecule has 2 nitrogen and oxygen atoms in total. The van der Waals surface area contributed by atoms with E-state index in [0.29, 0.717) is 6.04 Å². The van der Waals surface area contributed by atoms with Crippen molar-refractivity contribution in [2.24, 2.45) is 0 Å². The Morgan fingerprint density at radius 3 is 1.93 bits per heavy atom. The molecule has 0 aromatic carbocycles. The summed E-state index contributed by atoms with van der Waals surface area (Å²) in [5.74, 6) is 0. The Balaban J connectivity index is 3.97. The summed E-state index contributed by atoms with van der Waals surface area (Å²) >= 11 is 0. The maximum Gasteiger partial charge on any atom is 0.0369 e. The van der Waals surface area contributed by atoms with Gasteiger partial charge in [-0.05, 0) is 38.8 Å². The molecule has 0 fully saturated rings. The fourth-order valence-electron chi connectivity index (χ4n) is 2.11. The molecule has 2 unspecified atom stereocenters. The van der Waals surface area contributed by atoms with Gasteiger partial charge in [-0.3, -0.25) is 0 Å². The Kier molecular flexibility index (Phi) is 9.01. The average Bonchev–Trinajstić information content (AvgIpc) is 2.29. The van der Waals surface area contributed by atoms with Crippen molar-refractivity contribution in [3.63, 3.8) is 0 Å². The Morgan fingerprint density at radius 1 is 1.00 bits per heavy atom. The van der Waals surface area contributed by atoms with Crippen LogP contribution in [0, 0.1) is 0 Å². The van der Waals surface area contributed by atoms with Crippen molar-refractivity contribution >= 4 is 0 Å². The molecule has 0 aliphatic carbocycles. The van der Waals surface area contributed by atoms with Gasteiger partial charge < -0.3 is 4.90 Å². The van der Waals surface area contributed by atoms with Gasteiger partial charge in [0.25, 0.3) is 0 Å². The summed E-state index contributed by atoms with van der Waals surface area (Å²) in [5.41, 5.74) is 1.89. The zero-order valence-electron chi connectivity index (χ0n) is 10.7. The van der Waals surface area contributed by atoms with Crippen LogP contribution < -0.4 is 5.54 Å². The maximum absolute atomic E-state index is 12.3. The fraction of sp³-hybridized carbons (Fsp3) is 1.00. The first kappa shape index (κ1) is 14.8. The summed E-state index contributed by atoms with van der Waals surface area (Å²) in [5, 5.41) is 0. The molecule has 0 amide bonds. The predicted octanol–water partition coefficient (Wildman–Crippen LogP) is 3.14. The second-order valence-electron chi connectivity index (χ2n) is 4.07. The third-order valence-electron chi connectivity index (χ3n) is 3.30. The highest BCUT2D eigenvalue weighted by Gasteiger charge is 2.15. The monoisotopic (exact) mass is 218 g/mol. The van der Waals surface area contributed by atoms with Crippen molar-refractivity contribution in [1.29, 1.82) is 0 Å². The number of halogens is 1. The van der Waals surface area contributed by atoms with E-state index < -0.39 is 0 Å². The van der Waals surface area contributed by atoms with Crippen LogP contribution in [0.1, 0.15) is 53.4 Å². The van der Waals surface area contributed by atoms with Gasteiger partial charge in [0.05, 0.1) is 0 Å². The zero-order valence-corrected chi connectivity index (χ0v) is 10.7. The Bertz CT molecular complexity index is 134. The van der Waals surface area contributed by atoms with Gasteiger partial charge in [-0.25, -0.2) is 0 Å². The van der Waals surface area contributed by atoms with Gasteiger partial charge in [-0.15, -0.1) is 4.48 Å². The molecule has 0 saturated heterocycles. The predicted molar refractivity (Wildman–Crippen MR) is 64.6 cm³/mol. The van der Waals surface area contributed by atoms with Gasteiger partial charge in [0.15, 0.2) is 0 Å². The first-order valence-electron chi connectivity index (χ1n) is 6.33. The molecule has 0 aliphatic rings. The van der Waals surface area contributed by atoms with E-state index in [1.54, 1.807) is 0 Å². The molecule has 3 heteroatoms. The third kappa shape index (κ3) is 5.47. The SMILES string of the molecule is CCC(CCC(CC)N(CC)CC)NF. The van der Waals surface area contributed by atoms with Crippen LogP contribution >= 0.6 is 0 Å². The van der Waals surface area contributed by atoms with Crippen LogP contribution in [-0.4, -0.2) is 30.1 Å². The van der Waals surface area contributed by atoms with Crippen molar-refractivity contribution in [3.05, 3.63) is 0 Å². The highest BCUT2D eigenvalue weighted by atomic mass is 19.2. The van der Waals surface area contributed by atoms with Crippen LogP contribution in [0.15, 0.2) is 0 Å². The van der Waals surface area contributed by atoms with E-state index >= 15 is 0 Å². The van der Waals surface area contributed by atoms with Gasteiger partial charge in [0.1, 0.15) is 0 Å². The van der Waals surface area contributed by atoms with Crippen LogP contribution in [0.5, 0.6) is 0 Å². The molecule has 0 radical (unpaired) electrons. The Hall–Kier alpha value is -0.150. The lowest BCUT2D eigenvalue weighted by Gasteiger charge is -2.29. The maximum atomic E-state index is 12.3. The Labute approximate surface area is 94.2 Å². The minimum atomic E-state index is 0.0367. The minimum Gasteiger partial charge on any atom is -0.301 e. The van der Waals surface area contributed by atoms with E-state index in [2.05, 4.69) is 25.7 Å². The number of nitrogens with one attached hydrogen (secondary N) is 1. The number of hydrogen-bond acceptors (Lipinski definition) is 2. The van der Waals surface area contributed by atoms with Crippen LogP contribution in [0.2, 0.25) is 0 Å². The summed E-state index contributed by atoms with van der Waals surface area (Å²) in [7, 11) is 0. The smallest absolute Gasteiger partial charge is 0.0369 e. The molecular weight excluding hydrogens is 191 g/mol. The molecule has 0 saturated carbocycles. The first-order valence-corrected chi connectivity index (χ1v) is 6.33. The quantitative estimate of drug-likeness (QED) is 0.598. The highest BCUT2D eigenvalue weighted by molar-refractivity contribution is 4.71. The number of rotatable bonds is 9. The minimum absolute atomic E-state index is 0.0367. The zero-order chi connectivity index (χ0) is 11.7. The number of nitrogens with zero attached hydrogens (tertiary/aromatic N) is 1. The van der Waals surface area contributed by atoms with Gasteiger partial charge in [0.2, 0.25) is 0 Å². The van der Waals surface area contributed by atoms with Crippen molar-refractivity contribution in [1.82, 2.24) is 10.4 Å². The molecule has 1 N–H and O–H groups in total. The highest BCUT2D eigenvalue weighted by Crippen LogP contribution is 2.13. The summed E-state index contributed by atoms with van der Waals surface area (Å²) in [6.07, 6.45) is 4.05. The lowest BCUT2D eigenvalue weighted by Crippen LogP contribution is -2.36. The molecule has 0 aliphatic heterocycles. The molecule has 0 spiro atoms. The Morgan fingerprint density at radius 2 is 1.60 bits per heavy atom. The van der Waals surface area contributed by atoms with Crippen molar-refractivity contribution < 1.29 is 4.48 Å². The van der Waals surface area contributed by atoms with Gasteiger partial charge in [-0.1, -0.05) is 27.7 Å². The molecule has 0 aromatic rings. The third-order valence-corrected chi connectivity index (χ3v) is 3.30. The summed E-state index contributed by atoms with van der Waals surface area (Å²) in [4.78, 5) is 2.46. The van der Waals surface area contributed by atoms with E-state index in [-0.39, 0.29) is 6.04 Å². The largest absolute Gasteiger partial charge is 0.301 e. The van der Waals surface area contributed by atoms with Gasteiger partial charge >= 0.3 is 0 Å². The molecule has 92 valence electrons. The van der Waals surface area contributed by atoms with Crippen molar-refractivity contribution in [3.8, 4) is 0 Å². The second kappa shape index (κ2) is 9.10. The second-order valence-corrected chi connectivity index (χ2v) is 4.07. The normalized spacial score (nSPS) is 15.6. The molecule has 0 bridgehead atoms. The molecular formula is C12H27FN2. The lowest BCUT2D eigenvalue weighted by atomic mass is 10.0.